The summed E-state index contributed by atoms with van der Waals surface area (Å²) in [4.78, 5) is 4.83. The van der Waals surface area contributed by atoms with E-state index in [1.807, 2.05) is 26.0 Å². The van der Waals surface area contributed by atoms with Gasteiger partial charge in [0.05, 0.1) is 11.4 Å². The summed E-state index contributed by atoms with van der Waals surface area (Å²) in [6.07, 6.45) is 1.22. The van der Waals surface area contributed by atoms with Gasteiger partial charge in [0.2, 0.25) is 0 Å². The molecule has 0 aromatic heterocycles. The predicted molar refractivity (Wildman–Crippen MR) is 98.2 cm³/mol. The smallest absolute Gasteiger partial charge is 0.191 e. The van der Waals surface area contributed by atoms with Crippen LogP contribution < -0.4 is 10.6 Å². The molecule has 0 unspecified atom stereocenters. The van der Waals surface area contributed by atoms with E-state index in [0.717, 1.165) is 30.2 Å². The molecule has 0 heterocycles. The van der Waals surface area contributed by atoms with Gasteiger partial charge in [-0.25, -0.2) is 13.4 Å². The van der Waals surface area contributed by atoms with Gasteiger partial charge in [-0.15, -0.1) is 24.0 Å². The van der Waals surface area contributed by atoms with Crippen LogP contribution in [0.25, 0.3) is 0 Å². The van der Waals surface area contributed by atoms with Crippen LogP contribution in [-0.2, 0) is 16.4 Å². The molecule has 0 aliphatic rings. The topological polar surface area (TPSA) is 70.6 Å². The Morgan fingerprint density at radius 2 is 1.76 bits per heavy atom. The second kappa shape index (κ2) is 9.24. The fourth-order valence-corrected chi connectivity index (χ4v) is 2.86. The van der Waals surface area contributed by atoms with Crippen LogP contribution >= 0.6 is 24.0 Å². The highest BCUT2D eigenvalue weighted by atomic mass is 127. The van der Waals surface area contributed by atoms with Crippen molar-refractivity contribution in [2.75, 3.05) is 19.3 Å². The molecule has 1 aromatic rings. The van der Waals surface area contributed by atoms with Gasteiger partial charge in [-0.3, -0.25) is 0 Å². The van der Waals surface area contributed by atoms with Crippen LogP contribution in [-0.4, -0.2) is 33.7 Å². The highest BCUT2D eigenvalue weighted by Gasteiger charge is 2.10. The van der Waals surface area contributed by atoms with Gasteiger partial charge in [-0.05, 0) is 38.0 Å². The lowest BCUT2D eigenvalue weighted by Crippen LogP contribution is -2.36. The van der Waals surface area contributed by atoms with Crippen molar-refractivity contribution in [3.63, 3.8) is 0 Å². The van der Waals surface area contributed by atoms with E-state index in [9.17, 15) is 8.42 Å². The largest absolute Gasteiger partial charge is 0.357 e. The molecule has 0 aliphatic heterocycles. The van der Waals surface area contributed by atoms with E-state index >= 15 is 0 Å². The lowest BCUT2D eigenvalue weighted by molar-refractivity contribution is 0.601. The fraction of sp³-hybridized carbons (Fsp3) is 0.500. The molecule has 5 nitrogen and oxygen atoms in total. The van der Waals surface area contributed by atoms with Gasteiger partial charge in [0.15, 0.2) is 15.8 Å². The van der Waals surface area contributed by atoms with Gasteiger partial charge in [-0.2, -0.15) is 0 Å². The molecule has 7 heteroatoms. The molecule has 0 amide bonds. The molecule has 0 atom stereocenters. The Labute approximate surface area is 144 Å². The van der Waals surface area contributed by atoms with Crippen LogP contribution in [0.2, 0.25) is 0 Å². The first kappa shape index (κ1) is 20.2. The summed E-state index contributed by atoms with van der Waals surface area (Å²) < 4.78 is 23.1. The van der Waals surface area contributed by atoms with Gasteiger partial charge in [-0.1, -0.05) is 12.1 Å². The molecule has 1 rings (SSSR count). The van der Waals surface area contributed by atoms with Crippen LogP contribution in [0.15, 0.2) is 28.1 Å². The number of hydrogen-bond donors (Lipinski definition) is 2. The zero-order chi connectivity index (χ0) is 15.2. The van der Waals surface area contributed by atoms with Crippen molar-refractivity contribution in [1.29, 1.82) is 0 Å². The van der Waals surface area contributed by atoms with Gasteiger partial charge in [0.1, 0.15) is 0 Å². The van der Waals surface area contributed by atoms with E-state index in [1.54, 1.807) is 13.0 Å². The monoisotopic (exact) mass is 425 g/mol. The van der Waals surface area contributed by atoms with Gasteiger partial charge >= 0.3 is 0 Å². The van der Waals surface area contributed by atoms with Gasteiger partial charge in [0, 0.05) is 19.3 Å². The maximum atomic E-state index is 11.6. The second-order valence-corrected chi connectivity index (χ2v) is 6.58. The van der Waals surface area contributed by atoms with E-state index in [-0.39, 0.29) is 24.0 Å². The Hall–Kier alpha value is -0.830. The number of guanidine groups is 1. The van der Waals surface area contributed by atoms with Crippen molar-refractivity contribution in [3.05, 3.63) is 29.3 Å². The highest BCUT2D eigenvalue weighted by molar-refractivity contribution is 14.0. The Bertz CT molecular complexity index is 578. The Morgan fingerprint density at radius 1 is 1.19 bits per heavy atom. The maximum absolute atomic E-state index is 11.6. The van der Waals surface area contributed by atoms with Crippen LogP contribution in [0.3, 0.4) is 0 Å². The standard InChI is InChI=1S/C14H23N3O2S.HI/c1-5-15-14(16-6-2)17-10-12-7-8-13(11(3)9-12)20(4,18)19;/h7-9H,5-6,10H2,1-4H3,(H2,15,16,17);1H. The minimum Gasteiger partial charge on any atom is -0.357 e. The van der Waals surface area contributed by atoms with Gasteiger partial charge in [0.25, 0.3) is 0 Å². The normalized spacial score (nSPS) is 10.5. The van der Waals surface area contributed by atoms with E-state index in [0.29, 0.717) is 11.4 Å². The van der Waals surface area contributed by atoms with Crippen molar-refractivity contribution >= 4 is 39.8 Å². The molecule has 0 spiro atoms. The molecule has 2 N–H and O–H groups in total. The van der Waals surface area contributed by atoms with Crippen LogP contribution in [0.1, 0.15) is 25.0 Å². The SMILES string of the molecule is CCNC(=NCc1ccc(S(C)(=O)=O)c(C)c1)NCC.I. The van der Waals surface area contributed by atoms with E-state index in [4.69, 9.17) is 0 Å². The first-order valence-electron chi connectivity index (χ1n) is 6.70. The summed E-state index contributed by atoms with van der Waals surface area (Å²) >= 11 is 0. The molecule has 1 aromatic carbocycles. The number of benzene rings is 1. The van der Waals surface area contributed by atoms with E-state index in [2.05, 4.69) is 15.6 Å². The number of aryl methyl sites for hydroxylation is 1. The minimum absolute atomic E-state index is 0. The van der Waals surface area contributed by atoms with Crippen molar-refractivity contribution < 1.29 is 8.42 Å². The maximum Gasteiger partial charge on any atom is 0.191 e. The Morgan fingerprint density at radius 3 is 2.19 bits per heavy atom. The predicted octanol–water partition coefficient (Wildman–Crippen LogP) is 2.09. The van der Waals surface area contributed by atoms with Gasteiger partial charge < -0.3 is 10.6 Å². The Balaban J connectivity index is 0.00000400. The van der Waals surface area contributed by atoms with Crippen molar-refractivity contribution in [3.8, 4) is 0 Å². The molecule has 0 fully saturated rings. The molecule has 120 valence electrons. The number of halogens is 1. The molecular formula is C14H24IN3O2S. The van der Waals surface area contributed by atoms with Crippen molar-refractivity contribution in [1.82, 2.24) is 10.6 Å². The molecule has 0 aliphatic carbocycles. The third kappa shape index (κ3) is 6.64. The number of nitrogens with one attached hydrogen (secondary N) is 2. The lowest BCUT2D eigenvalue weighted by atomic mass is 10.1. The number of sulfone groups is 1. The highest BCUT2D eigenvalue weighted by Crippen LogP contribution is 2.17. The number of hydrogen-bond acceptors (Lipinski definition) is 3. The summed E-state index contributed by atoms with van der Waals surface area (Å²) in [5, 5.41) is 6.29. The number of rotatable bonds is 5. The zero-order valence-corrected chi connectivity index (χ0v) is 16.1. The van der Waals surface area contributed by atoms with Crippen LogP contribution in [0, 0.1) is 6.92 Å². The third-order valence-corrected chi connectivity index (χ3v) is 4.00. The first-order chi connectivity index (χ1) is 9.38. The summed E-state index contributed by atoms with van der Waals surface area (Å²) in [7, 11) is -3.16. The molecule has 0 saturated carbocycles. The van der Waals surface area contributed by atoms with E-state index in [1.165, 1.54) is 6.26 Å². The summed E-state index contributed by atoms with van der Waals surface area (Å²) in [6.45, 7) is 7.95. The average molecular weight is 425 g/mol. The molecule has 0 saturated heterocycles. The van der Waals surface area contributed by atoms with Crippen molar-refractivity contribution in [2.45, 2.75) is 32.2 Å². The molecule has 0 radical (unpaired) electrons. The quantitative estimate of drug-likeness (QED) is 0.431. The Kier molecular flexibility index (Phi) is 8.88. The molecule has 21 heavy (non-hydrogen) atoms. The summed E-state index contributed by atoms with van der Waals surface area (Å²) in [6, 6.07) is 5.33. The second-order valence-electron chi connectivity index (χ2n) is 4.60. The first-order valence-corrected chi connectivity index (χ1v) is 8.59. The third-order valence-electron chi connectivity index (χ3n) is 2.75. The minimum atomic E-state index is -3.16. The summed E-state index contributed by atoms with van der Waals surface area (Å²) in [5.41, 5.74) is 1.75. The summed E-state index contributed by atoms with van der Waals surface area (Å²) in [5.74, 6) is 0.764. The van der Waals surface area contributed by atoms with Crippen LogP contribution in [0.4, 0.5) is 0 Å². The van der Waals surface area contributed by atoms with E-state index < -0.39 is 9.84 Å². The zero-order valence-electron chi connectivity index (χ0n) is 12.9. The van der Waals surface area contributed by atoms with Crippen LogP contribution in [0.5, 0.6) is 0 Å². The average Bonchev–Trinajstić information content (AvgIpc) is 2.35. The number of aliphatic imine (C=N–C) groups is 1. The molecular weight excluding hydrogens is 401 g/mol. The number of nitrogens with zero attached hydrogens (tertiary/aromatic N) is 1. The fourth-order valence-electron chi connectivity index (χ4n) is 1.91. The van der Waals surface area contributed by atoms with Crippen molar-refractivity contribution in [2.24, 2.45) is 4.99 Å². The lowest BCUT2D eigenvalue weighted by Gasteiger charge is -2.10. The molecule has 0 bridgehead atoms.